The Labute approximate surface area is 148 Å². The molecule has 0 aliphatic carbocycles. The molecule has 1 rings (SSSR count). The summed E-state index contributed by atoms with van der Waals surface area (Å²) in [4.78, 5) is 25.2. The molecule has 0 aromatic carbocycles. The molecule has 1 fully saturated rings. The summed E-state index contributed by atoms with van der Waals surface area (Å²) in [6.45, 7) is 1.93. The first-order chi connectivity index (χ1) is 11.7. The van der Waals surface area contributed by atoms with Crippen LogP contribution in [0.2, 0.25) is 0 Å². The average molecular weight is 339 g/mol. The Hall–Kier alpha value is -1.06. The minimum atomic E-state index is -0.198. The molecular weight excluding hydrogens is 300 g/mol. The van der Waals surface area contributed by atoms with Crippen LogP contribution in [0.1, 0.15) is 103 Å². The van der Waals surface area contributed by atoms with E-state index in [0.717, 1.165) is 51.6 Å². The number of hydrogen-bond acceptors (Lipinski definition) is 2. The van der Waals surface area contributed by atoms with Gasteiger partial charge in [-0.15, -0.1) is 0 Å². The number of primary amides is 1. The van der Waals surface area contributed by atoms with E-state index in [4.69, 9.17) is 5.73 Å². The molecular formula is C20H38N2O2. The molecule has 0 radical (unpaired) electrons. The summed E-state index contributed by atoms with van der Waals surface area (Å²) in [5, 5.41) is 0. The zero-order chi connectivity index (χ0) is 17.5. The fraction of sp³-hybridized carbons (Fsp3) is 0.900. The number of carbonyl (C=O) groups excluding carboxylic acids is 2. The van der Waals surface area contributed by atoms with Crippen LogP contribution >= 0.6 is 0 Å². The number of amides is 2. The Kier molecular flexibility index (Phi) is 12.5. The third-order valence-corrected chi connectivity index (χ3v) is 5.02. The van der Waals surface area contributed by atoms with Crippen molar-refractivity contribution in [3.63, 3.8) is 0 Å². The van der Waals surface area contributed by atoms with Crippen molar-refractivity contribution in [2.24, 2.45) is 5.73 Å². The number of nitrogens with zero attached hydrogens (tertiary/aromatic N) is 1. The Balaban J connectivity index is 2.09. The van der Waals surface area contributed by atoms with Crippen molar-refractivity contribution < 1.29 is 9.59 Å². The van der Waals surface area contributed by atoms with Crippen molar-refractivity contribution in [1.29, 1.82) is 0 Å². The predicted molar refractivity (Wildman–Crippen MR) is 99.6 cm³/mol. The van der Waals surface area contributed by atoms with E-state index in [2.05, 4.69) is 4.90 Å². The van der Waals surface area contributed by atoms with Gasteiger partial charge < -0.3 is 10.6 Å². The summed E-state index contributed by atoms with van der Waals surface area (Å²) in [6.07, 6.45) is 17.9. The minimum absolute atomic E-state index is 0.198. The highest BCUT2D eigenvalue weighted by Gasteiger charge is 2.13. The lowest BCUT2D eigenvalue weighted by Crippen LogP contribution is -2.32. The van der Waals surface area contributed by atoms with E-state index < -0.39 is 0 Å². The highest BCUT2D eigenvalue weighted by molar-refractivity contribution is 5.76. The van der Waals surface area contributed by atoms with Gasteiger partial charge in [0.1, 0.15) is 0 Å². The van der Waals surface area contributed by atoms with E-state index in [0.29, 0.717) is 18.7 Å². The molecule has 1 heterocycles. The standard InChI is InChI=1S/C20H38N2O2/c21-19(23)15-11-7-3-4-8-12-16-20(24)22-17-13-9-5-1-2-6-10-14-18-22/h1-18H2,(H2,21,23). The van der Waals surface area contributed by atoms with Gasteiger partial charge in [0.2, 0.25) is 11.8 Å². The van der Waals surface area contributed by atoms with Crippen LogP contribution in [-0.4, -0.2) is 29.8 Å². The van der Waals surface area contributed by atoms with Crippen LogP contribution < -0.4 is 5.73 Å². The molecule has 2 amide bonds. The Morgan fingerprint density at radius 3 is 1.54 bits per heavy atom. The molecule has 24 heavy (non-hydrogen) atoms. The lowest BCUT2D eigenvalue weighted by atomic mass is 10.1. The molecule has 140 valence electrons. The first-order valence-corrected chi connectivity index (χ1v) is 10.3. The second-order valence-electron chi connectivity index (χ2n) is 7.30. The fourth-order valence-corrected chi connectivity index (χ4v) is 3.47. The van der Waals surface area contributed by atoms with Crippen LogP contribution in [0, 0.1) is 0 Å². The molecule has 2 N–H and O–H groups in total. The van der Waals surface area contributed by atoms with Gasteiger partial charge in [0.25, 0.3) is 0 Å². The maximum Gasteiger partial charge on any atom is 0.222 e. The zero-order valence-corrected chi connectivity index (χ0v) is 15.6. The van der Waals surface area contributed by atoms with Crippen LogP contribution in [0.5, 0.6) is 0 Å². The molecule has 0 unspecified atom stereocenters. The quantitative estimate of drug-likeness (QED) is 0.627. The normalized spacial score (nSPS) is 17.2. The molecule has 0 saturated carbocycles. The fourth-order valence-electron chi connectivity index (χ4n) is 3.47. The third kappa shape index (κ3) is 11.5. The molecule has 1 aliphatic heterocycles. The number of rotatable bonds is 9. The molecule has 0 aromatic heterocycles. The Bertz CT molecular complexity index is 333. The third-order valence-electron chi connectivity index (χ3n) is 5.02. The van der Waals surface area contributed by atoms with Gasteiger partial charge in [-0.3, -0.25) is 9.59 Å². The van der Waals surface area contributed by atoms with Crippen LogP contribution in [0.25, 0.3) is 0 Å². The van der Waals surface area contributed by atoms with Gasteiger partial charge in [-0.05, 0) is 25.7 Å². The van der Waals surface area contributed by atoms with Crippen molar-refractivity contribution in [2.45, 2.75) is 103 Å². The Morgan fingerprint density at radius 2 is 1.04 bits per heavy atom. The lowest BCUT2D eigenvalue weighted by Gasteiger charge is -2.22. The molecule has 1 saturated heterocycles. The summed E-state index contributed by atoms with van der Waals surface area (Å²) in [6, 6.07) is 0. The van der Waals surface area contributed by atoms with Crippen molar-refractivity contribution in [3.8, 4) is 0 Å². The lowest BCUT2D eigenvalue weighted by molar-refractivity contribution is -0.131. The molecule has 1 aliphatic rings. The SMILES string of the molecule is NC(=O)CCCCCCCCC(=O)N1CCCCCCCCCC1. The van der Waals surface area contributed by atoms with E-state index in [1.807, 2.05) is 0 Å². The van der Waals surface area contributed by atoms with E-state index >= 15 is 0 Å². The van der Waals surface area contributed by atoms with E-state index in [-0.39, 0.29) is 5.91 Å². The zero-order valence-electron chi connectivity index (χ0n) is 15.6. The van der Waals surface area contributed by atoms with Crippen molar-refractivity contribution >= 4 is 11.8 Å². The summed E-state index contributed by atoms with van der Waals surface area (Å²) < 4.78 is 0. The topological polar surface area (TPSA) is 63.4 Å². The maximum absolute atomic E-state index is 12.4. The molecule has 0 atom stereocenters. The number of hydrogen-bond donors (Lipinski definition) is 1. The highest BCUT2D eigenvalue weighted by Crippen LogP contribution is 2.14. The second kappa shape index (κ2) is 14.3. The van der Waals surface area contributed by atoms with Gasteiger partial charge in [0.15, 0.2) is 0 Å². The van der Waals surface area contributed by atoms with E-state index in [9.17, 15) is 9.59 Å². The molecule has 0 bridgehead atoms. The highest BCUT2D eigenvalue weighted by atomic mass is 16.2. The predicted octanol–water partition coefficient (Wildman–Crippen LogP) is 4.56. The van der Waals surface area contributed by atoms with Crippen LogP contribution in [0.4, 0.5) is 0 Å². The van der Waals surface area contributed by atoms with E-state index in [1.54, 1.807) is 0 Å². The molecule has 0 aromatic rings. The van der Waals surface area contributed by atoms with Gasteiger partial charge in [0, 0.05) is 25.9 Å². The van der Waals surface area contributed by atoms with Gasteiger partial charge in [-0.2, -0.15) is 0 Å². The first-order valence-electron chi connectivity index (χ1n) is 10.3. The average Bonchev–Trinajstić information content (AvgIpc) is 2.62. The Morgan fingerprint density at radius 1 is 0.625 bits per heavy atom. The monoisotopic (exact) mass is 338 g/mol. The number of unbranched alkanes of at least 4 members (excludes halogenated alkanes) is 5. The van der Waals surface area contributed by atoms with Crippen LogP contribution in [0.3, 0.4) is 0 Å². The van der Waals surface area contributed by atoms with Gasteiger partial charge >= 0.3 is 0 Å². The number of carbonyl (C=O) groups is 2. The number of nitrogens with two attached hydrogens (primary N) is 1. The summed E-state index contributed by atoms with van der Waals surface area (Å²) in [5.41, 5.74) is 5.13. The maximum atomic E-state index is 12.4. The largest absolute Gasteiger partial charge is 0.370 e. The second-order valence-corrected chi connectivity index (χ2v) is 7.30. The van der Waals surface area contributed by atoms with Crippen molar-refractivity contribution in [1.82, 2.24) is 4.90 Å². The summed E-state index contributed by atoms with van der Waals surface area (Å²) in [5.74, 6) is 0.166. The van der Waals surface area contributed by atoms with Crippen LogP contribution in [-0.2, 0) is 9.59 Å². The molecule has 4 heteroatoms. The van der Waals surface area contributed by atoms with Crippen LogP contribution in [0.15, 0.2) is 0 Å². The van der Waals surface area contributed by atoms with Gasteiger partial charge in [-0.25, -0.2) is 0 Å². The van der Waals surface area contributed by atoms with Gasteiger partial charge in [-0.1, -0.05) is 64.2 Å². The summed E-state index contributed by atoms with van der Waals surface area (Å²) in [7, 11) is 0. The first kappa shape index (κ1) is 21.0. The summed E-state index contributed by atoms with van der Waals surface area (Å²) >= 11 is 0. The van der Waals surface area contributed by atoms with Crippen molar-refractivity contribution in [3.05, 3.63) is 0 Å². The van der Waals surface area contributed by atoms with Gasteiger partial charge in [0.05, 0.1) is 0 Å². The minimum Gasteiger partial charge on any atom is -0.370 e. The molecule has 0 spiro atoms. The molecule has 4 nitrogen and oxygen atoms in total. The van der Waals surface area contributed by atoms with Crippen molar-refractivity contribution in [2.75, 3.05) is 13.1 Å². The smallest absolute Gasteiger partial charge is 0.222 e. The van der Waals surface area contributed by atoms with E-state index in [1.165, 1.54) is 51.4 Å².